The van der Waals surface area contributed by atoms with Crippen molar-refractivity contribution in [3.63, 3.8) is 0 Å². The van der Waals surface area contributed by atoms with Gasteiger partial charge in [0.15, 0.2) is 5.78 Å². The molecule has 1 saturated carbocycles. The number of carbonyl (C=O) groups is 1. The molecular weight excluding hydrogens is 335 g/mol. The van der Waals surface area contributed by atoms with E-state index in [1.807, 2.05) is 0 Å². The number of halogens is 1. The summed E-state index contributed by atoms with van der Waals surface area (Å²) in [6.07, 6.45) is 1.96. The van der Waals surface area contributed by atoms with Gasteiger partial charge in [0.05, 0.1) is 0 Å². The lowest BCUT2D eigenvalue weighted by Crippen LogP contribution is -2.32. The largest absolute Gasteiger partial charge is 0.451 e. The molecule has 1 aromatic rings. The van der Waals surface area contributed by atoms with Crippen LogP contribution in [0.15, 0.2) is 24.3 Å². The number of hydrogen-bond donors (Lipinski definition) is 2. The zero-order chi connectivity index (χ0) is 12.5. The van der Waals surface area contributed by atoms with Gasteiger partial charge in [0.25, 0.3) is 3.79 Å². The molecule has 2 N–H and O–H groups in total. The molecule has 5 heteroatoms. The smallest absolute Gasteiger partial charge is 0.283 e. The van der Waals surface area contributed by atoms with E-state index >= 15 is 0 Å². The average Bonchev–Trinajstić information content (AvgIpc) is 3.13. The van der Waals surface area contributed by atoms with Crippen LogP contribution in [0, 0.1) is 5.92 Å². The van der Waals surface area contributed by atoms with Crippen LogP contribution < -0.4 is 4.74 Å². The Labute approximate surface area is 113 Å². The summed E-state index contributed by atoms with van der Waals surface area (Å²) in [6, 6.07) is 6.60. The highest BCUT2D eigenvalue weighted by Gasteiger charge is 2.30. The van der Waals surface area contributed by atoms with Crippen LogP contribution in [0.3, 0.4) is 0 Å². The van der Waals surface area contributed by atoms with E-state index in [9.17, 15) is 9.90 Å². The zero-order valence-electron chi connectivity index (χ0n) is 9.10. The molecule has 0 aliphatic heterocycles. The highest BCUT2D eigenvalue weighted by Crippen LogP contribution is 2.33. The number of aliphatic hydroxyl groups is 2. The van der Waals surface area contributed by atoms with Crippen LogP contribution in [0.2, 0.25) is 0 Å². The molecule has 1 atom stereocenters. The van der Waals surface area contributed by atoms with Gasteiger partial charge < -0.3 is 14.9 Å². The molecule has 0 heterocycles. The highest BCUT2D eigenvalue weighted by molar-refractivity contribution is 14.1. The van der Waals surface area contributed by atoms with Crippen LogP contribution >= 0.6 is 22.6 Å². The molecule has 92 valence electrons. The van der Waals surface area contributed by atoms with E-state index in [4.69, 9.17) is 9.84 Å². The fourth-order valence-electron chi connectivity index (χ4n) is 1.48. The lowest BCUT2D eigenvalue weighted by molar-refractivity contribution is -0.0715. The summed E-state index contributed by atoms with van der Waals surface area (Å²) in [5, 5.41) is 18.3. The molecule has 4 nitrogen and oxygen atoms in total. The minimum absolute atomic E-state index is 0.170. The first-order chi connectivity index (χ1) is 8.02. The number of rotatable bonds is 5. The fraction of sp³-hybridized carbons (Fsp3) is 0.417. The second kappa shape index (κ2) is 4.91. The van der Waals surface area contributed by atoms with E-state index in [1.54, 1.807) is 46.9 Å². The van der Waals surface area contributed by atoms with Crippen molar-refractivity contribution in [2.45, 2.75) is 16.6 Å². The van der Waals surface area contributed by atoms with Crippen LogP contribution in [-0.2, 0) is 0 Å². The molecule has 0 saturated heterocycles. The van der Waals surface area contributed by atoms with E-state index in [-0.39, 0.29) is 11.7 Å². The molecule has 1 aliphatic carbocycles. The van der Waals surface area contributed by atoms with Crippen molar-refractivity contribution in [2.75, 3.05) is 6.61 Å². The molecule has 17 heavy (non-hydrogen) atoms. The summed E-state index contributed by atoms with van der Waals surface area (Å²) >= 11 is 1.60. The van der Waals surface area contributed by atoms with Crippen molar-refractivity contribution >= 4 is 28.4 Å². The summed E-state index contributed by atoms with van der Waals surface area (Å²) in [5.74, 6) is 0.785. The molecule has 1 fully saturated rings. The number of benzene rings is 1. The normalized spacial score (nSPS) is 18.5. The van der Waals surface area contributed by atoms with E-state index in [2.05, 4.69) is 0 Å². The van der Waals surface area contributed by atoms with E-state index in [0.29, 0.717) is 11.3 Å². The van der Waals surface area contributed by atoms with Gasteiger partial charge in [-0.1, -0.05) is 0 Å². The zero-order valence-corrected chi connectivity index (χ0v) is 11.3. The van der Waals surface area contributed by atoms with Gasteiger partial charge in [0.1, 0.15) is 12.4 Å². The Balaban J connectivity index is 2.05. The SMILES string of the molecule is O=C(c1ccc(OC(O)(I)CO)cc1)C1CC1. The summed E-state index contributed by atoms with van der Waals surface area (Å²) in [6.45, 7) is -0.504. The van der Waals surface area contributed by atoms with Crippen molar-refractivity contribution in [1.82, 2.24) is 0 Å². The lowest BCUT2D eigenvalue weighted by Gasteiger charge is -2.20. The maximum atomic E-state index is 11.7. The van der Waals surface area contributed by atoms with Gasteiger partial charge in [-0.15, -0.1) is 0 Å². The molecule has 0 bridgehead atoms. The number of aliphatic hydroxyl groups excluding tert-OH is 1. The van der Waals surface area contributed by atoms with Crippen molar-refractivity contribution in [1.29, 1.82) is 0 Å². The van der Waals surface area contributed by atoms with Crippen LogP contribution in [0.1, 0.15) is 23.2 Å². The second-order valence-corrected chi connectivity index (χ2v) is 5.80. The predicted molar refractivity (Wildman–Crippen MR) is 70.2 cm³/mol. The number of alkyl halides is 1. The Kier molecular flexibility index (Phi) is 3.70. The first kappa shape index (κ1) is 12.8. The first-order valence-electron chi connectivity index (χ1n) is 5.37. The van der Waals surface area contributed by atoms with Crippen molar-refractivity contribution in [3.8, 4) is 5.75 Å². The minimum atomic E-state index is -1.63. The van der Waals surface area contributed by atoms with Crippen molar-refractivity contribution in [3.05, 3.63) is 29.8 Å². The maximum absolute atomic E-state index is 11.7. The second-order valence-electron chi connectivity index (χ2n) is 4.11. The molecule has 0 radical (unpaired) electrons. The number of carbonyl (C=O) groups excluding carboxylic acids is 1. The Bertz CT molecular complexity index is 409. The number of ketones is 1. The monoisotopic (exact) mass is 348 g/mol. The van der Waals surface area contributed by atoms with E-state index < -0.39 is 10.4 Å². The lowest BCUT2D eigenvalue weighted by atomic mass is 10.1. The van der Waals surface area contributed by atoms with E-state index in [1.165, 1.54) is 0 Å². The fourth-order valence-corrected chi connectivity index (χ4v) is 1.74. The van der Waals surface area contributed by atoms with Gasteiger partial charge in [-0.3, -0.25) is 4.79 Å². The van der Waals surface area contributed by atoms with Gasteiger partial charge >= 0.3 is 0 Å². The third-order valence-corrected chi connectivity index (χ3v) is 3.12. The van der Waals surface area contributed by atoms with Crippen LogP contribution in [0.5, 0.6) is 5.75 Å². The standard InChI is InChI=1S/C12H13IO4/c13-12(16,7-14)17-10-5-3-9(4-6-10)11(15)8-1-2-8/h3-6,8,14,16H,1-2,7H2. The Morgan fingerprint density at radius 1 is 1.41 bits per heavy atom. The topological polar surface area (TPSA) is 66.8 Å². The molecule has 0 spiro atoms. The summed E-state index contributed by atoms with van der Waals surface area (Å²) in [4.78, 5) is 11.7. The third kappa shape index (κ3) is 3.40. The summed E-state index contributed by atoms with van der Waals surface area (Å²) in [7, 11) is 0. The molecule has 1 aromatic carbocycles. The number of hydrogen-bond acceptors (Lipinski definition) is 4. The molecule has 1 aliphatic rings. The molecule has 2 rings (SSSR count). The predicted octanol–water partition coefficient (Wildman–Crippen LogP) is 1.73. The minimum Gasteiger partial charge on any atom is -0.451 e. The van der Waals surface area contributed by atoms with Gasteiger partial charge in [0, 0.05) is 34.1 Å². The van der Waals surface area contributed by atoms with E-state index in [0.717, 1.165) is 12.8 Å². The number of ether oxygens (including phenoxy) is 1. The van der Waals surface area contributed by atoms with Gasteiger partial charge in [0.2, 0.25) is 0 Å². The van der Waals surface area contributed by atoms with Crippen LogP contribution in [0.4, 0.5) is 0 Å². The molecule has 0 amide bonds. The Morgan fingerprint density at radius 3 is 2.47 bits per heavy atom. The van der Waals surface area contributed by atoms with Gasteiger partial charge in [-0.25, -0.2) is 0 Å². The number of Topliss-reactive ketones (excluding diaryl/α,β-unsaturated/α-hetero) is 1. The van der Waals surface area contributed by atoms with Gasteiger partial charge in [-0.2, -0.15) is 0 Å². The average molecular weight is 348 g/mol. The summed E-state index contributed by atoms with van der Waals surface area (Å²) in [5.41, 5.74) is 0.667. The molecule has 0 aromatic heterocycles. The molecular formula is C12H13IO4. The summed E-state index contributed by atoms with van der Waals surface area (Å²) < 4.78 is 3.52. The Morgan fingerprint density at radius 2 is 2.00 bits per heavy atom. The maximum Gasteiger partial charge on any atom is 0.283 e. The third-order valence-electron chi connectivity index (χ3n) is 2.56. The van der Waals surface area contributed by atoms with Gasteiger partial charge in [-0.05, 0) is 37.1 Å². The molecule has 1 unspecified atom stereocenters. The van der Waals surface area contributed by atoms with Crippen LogP contribution in [0.25, 0.3) is 0 Å². The quantitative estimate of drug-likeness (QED) is 0.368. The first-order valence-corrected chi connectivity index (χ1v) is 6.45. The highest BCUT2D eigenvalue weighted by atomic mass is 127. The van der Waals surface area contributed by atoms with Crippen molar-refractivity contribution < 1.29 is 19.7 Å². The Hall–Kier alpha value is -0.660. The van der Waals surface area contributed by atoms with Crippen molar-refractivity contribution in [2.24, 2.45) is 5.92 Å². The van der Waals surface area contributed by atoms with Crippen LogP contribution in [-0.4, -0.2) is 26.4 Å².